The smallest absolute Gasteiger partial charge is 0.227 e. The molecule has 0 aromatic heterocycles. The van der Waals surface area contributed by atoms with Gasteiger partial charge in [0.25, 0.3) is 0 Å². The van der Waals surface area contributed by atoms with E-state index >= 15 is 0 Å². The predicted molar refractivity (Wildman–Crippen MR) is 167 cm³/mol. The summed E-state index contributed by atoms with van der Waals surface area (Å²) in [5.74, 6) is 5.95. The molecular formula is C31H47N6O5Y-. The number of hydrogen-bond donors (Lipinski definition) is 4. The first-order valence-electron chi connectivity index (χ1n) is 14.6. The van der Waals surface area contributed by atoms with Crippen LogP contribution in [0.4, 0.5) is 5.69 Å². The minimum absolute atomic E-state index is 0. The van der Waals surface area contributed by atoms with Gasteiger partial charge in [-0.3, -0.25) is 14.8 Å². The van der Waals surface area contributed by atoms with Gasteiger partial charge in [-0.25, -0.2) is 10.7 Å². The number of nitrogens with two attached hydrogens (primary N) is 2. The maximum absolute atomic E-state index is 13.5. The topological polar surface area (TPSA) is 167 Å². The van der Waals surface area contributed by atoms with Gasteiger partial charge in [-0.15, -0.1) is 0 Å². The van der Waals surface area contributed by atoms with Crippen LogP contribution in [-0.2, 0) is 58.5 Å². The molecule has 3 rings (SSSR count). The third-order valence-electron chi connectivity index (χ3n) is 6.62. The van der Waals surface area contributed by atoms with E-state index in [1.807, 2.05) is 55.5 Å². The fourth-order valence-electron chi connectivity index (χ4n) is 4.47. The summed E-state index contributed by atoms with van der Waals surface area (Å²) in [6.45, 7) is 6.70. The fourth-order valence-corrected chi connectivity index (χ4v) is 4.47. The van der Waals surface area contributed by atoms with Crippen molar-refractivity contribution in [1.29, 1.82) is 0 Å². The Balaban J connectivity index is 0.00000120. The Hall–Kier alpha value is -2.38. The van der Waals surface area contributed by atoms with E-state index in [1.54, 1.807) is 4.90 Å². The summed E-state index contributed by atoms with van der Waals surface area (Å²) < 4.78 is 5.37. The van der Waals surface area contributed by atoms with E-state index in [0.717, 1.165) is 24.0 Å². The molecule has 0 atom stereocenters. The minimum Gasteiger partial charge on any atom is -0.677 e. The molecule has 0 bridgehead atoms. The van der Waals surface area contributed by atoms with Crippen molar-refractivity contribution >= 4 is 28.9 Å². The molecule has 0 fully saturated rings. The zero-order valence-electron chi connectivity index (χ0n) is 25.5. The van der Waals surface area contributed by atoms with E-state index in [0.29, 0.717) is 48.9 Å². The summed E-state index contributed by atoms with van der Waals surface area (Å²) in [4.78, 5) is 31.6. The fraction of sp³-hybridized carbons (Fsp3) is 0.484. The van der Waals surface area contributed by atoms with Gasteiger partial charge in [-0.2, -0.15) is 6.54 Å². The predicted octanol–water partition coefficient (Wildman–Crippen LogP) is 4.53. The van der Waals surface area contributed by atoms with Crippen LogP contribution in [0, 0.1) is 0 Å². The van der Waals surface area contributed by atoms with Crippen LogP contribution < -0.4 is 21.8 Å². The first-order chi connectivity index (χ1) is 20.4. The molecule has 11 nitrogen and oxygen atoms in total. The summed E-state index contributed by atoms with van der Waals surface area (Å²) in [5, 5.41) is 13.0. The Kier molecular flexibility index (Phi) is 19.9. The van der Waals surface area contributed by atoms with Crippen LogP contribution in [0.1, 0.15) is 69.1 Å². The van der Waals surface area contributed by atoms with Crippen molar-refractivity contribution in [2.24, 2.45) is 11.6 Å². The molecule has 235 valence electrons. The van der Waals surface area contributed by atoms with E-state index in [-0.39, 0.29) is 77.1 Å². The van der Waals surface area contributed by atoms with Gasteiger partial charge in [-0.1, -0.05) is 75.6 Å². The molecule has 43 heavy (non-hydrogen) atoms. The molecule has 1 heterocycles. The summed E-state index contributed by atoms with van der Waals surface area (Å²) in [6, 6.07) is 14.9. The number of amides is 2. The van der Waals surface area contributed by atoms with Crippen LogP contribution in [0.3, 0.4) is 0 Å². The second-order valence-electron chi connectivity index (χ2n) is 9.86. The summed E-state index contributed by atoms with van der Waals surface area (Å²) in [7, 11) is 0. The second-order valence-corrected chi connectivity index (χ2v) is 9.86. The van der Waals surface area contributed by atoms with Gasteiger partial charge < -0.3 is 31.4 Å². The number of para-hydroxylation sites is 1. The molecule has 1 radical (unpaired) electrons. The number of nitrogens with one attached hydrogen (secondary N) is 2. The monoisotopic (exact) mass is 672 g/mol. The number of anilines is 1. The summed E-state index contributed by atoms with van der Waals surface area (Å²) in [6.07, 6.45) is 4.56. The number of ether oxygens (including phenoxy) is 1. The molecule has 7 N–H and O–H groups in total. The van der Waals surface area contributed by atoms with Gasteiger partial charge in [0.2, 0.25) is 11.8 Å². The number of rotatable bonds is 15. The van der Waals surface area contributed by atoms with E-state index in [1.165, 1.54) is 17.9 Å². The van der Waals surface area contributed by atoms with Crippen molar-refractivity contribution in [3.8, 4) is 0 Å². The molecule has 1 aliphatic rings. The van der Waals surface area contributed by atoms with E-state index in [9.17, 15) is 9.59 Å². The number of hydrazine groups is 1. The number of carbonyl (C=O) groups excluding carboxylic acids is 2. The number of carbonyl (C=O) groups is 2. The number of benzene rings is 2. The molecule has 0 unspecified atom stereocenters. The Morgan fingerprint density at radius 2 is 1.70 bits per heavy atom. The molecule has 0 saturated carbocycles. The van der Waals surface area contributed by atoms with Crippen LogP contribution in [-0.4, -0.2) is 61.5 Å². The average molecular weight is 673 g/mol. The maximum Gasteiger partial charge on any atom is 0.227 e. The Morgan fingerprint density at radius 3 is 2.35 bits per heavy atom. The maximum atomic E-state index is 13.5. The van der Waals surface area contributed by atoms with Gasteiger partial charge in [-0.05, 0) is 18.1 Å². The zero-order valence-corrected chi connectivity index (χ0v) is 28.4. The van der Waals surface area contributed by atoms with Crippen LogP contribution in [0.5, 0.6) is 0 Å². The van der Waals surface area contributed by atoms with Crippen molar-refractivity contribution in [3.63, 3.8) is 0 Å². The number of unbranched alkanes of at least 4 members (excludes halogenated alkanes) is 2. The first kappa shape index (κ1) is 38.6. The van der Waals surface area contributed by atoms with Crippen LogP contribution in [0.15, 0.2) is 48.5 Å². The average Bonchev–Trinajstić information content (AvgIpc) is 3.00. The molecule has 0 saturated heterocycles. The molecule has 2 aromatic rings. The molecular weight excluding hydrogens is 625 g/mol. The van der Waals surface area contributed by atoms with E-state index in [4.69, 9.17) is 27.3 Å². The SMILES string of the molecule is CCCCC[NH-].CCCOCCNC(=O)CCC(=O)N1Cc2ccccc2/C(N)=C(/N(N)CCOO)c2ccccc21.[Y]. The zero-order chi connectivity index (χ0) is 30.7. The van der Waals surface area contributed by atoms with Gasteiger partial charge in [0.05, 0.1) is 36.8 Å². The van der Waals surface area contributed by atoms with Crippen molar-refractivity contribution in [1.82, 2.24) is 10.3 Å². The van der Waals surface area contributed by atoms with Crippen molar-refractivity contribution < 1.29 is 57.2 Å². The van der Waals surface area contributed by atoms with Crippen LogP contribution in [0.25, 0.3) is 17.1 Å². The molecule has 0 spiro atoms. The minimum atomic E-state index is -0.203. The summed E-state index contributed by atoms with van der Waals surface area (Å²) >= 11 is 0. The Bertz CT molecular complexity index is 1150. The van der Waals surface area contributed by atoms with E-state index in [2.05, 4.69) is 17.1 Å². The normalized spacial score (nSPS) is 13.7. The van der Waals surface area contributed by atoms with Gasteiger partial charge in [0, 0.05) is 69.8 Å². The number of fused-ring (bicyclic) bond motifs is 2. The van der Waals surface area contributed by atoms with Crippen LogP contribution >= 0.6 is 0 Å². The Labute approximate surface area is 280 Å². The third kappa shape index (κ3) is 12.6. The molecule has 2 aromatic carbocycles. The largest absolute Gasteiger partial charge is 0.677 e. The first-order valence-corrected chi connectivity index (χ1v) is 14.6. The van der Waals surface area contributed by atoms with Gasteiger partial charge in [0.15, 0.2) is 0 Å². The van der Waals surface area contributed by atoms with Crippen molar-refractivity contribution in [2.75, 3.05) is 44.4 Å². The number of nitrogens with zero attached hydrogens (tertiary/aromatic N) is 2. The quantitative estimate of drug-likeness (QED) is 0.0927. The molecule has 12 heteroatoms. The van der Waals surface area contributed by atoms with Gasteiger partial charge in [0.1, 0.15) is 6.61 Å². The summed E-state index contributed by atoms with van der Waals surface area (Å²) in [5.41, 5.74) is 17.2. The van der Waals surface area contributed by atoms with Gasteiger partial charge >= 0.3 is 0 Å². The van der Waals surface area contributed by atoms with Crippen molar-refractivity contribution in [3.05, 3.63) is 71.0 Å². The third-order valence-corrected chi connectivity index (χ3v) is 6.62. The molecule has 0 aliphatic carbocycles. The molecule has 1 aliphatic heterocycles. The van der Waals surface area contributed by atoms with Crippen molar-refractivity contribution in [2.45, 2.75) is 58.9 Å². The standard InChI is InChI=1S/C26H35N5O5.C5H12N.Y/c1-2-15-35-16-13-29-23(32)11-12-24(33)30-18-19-7-3-4-8-20(19)25(27)26(31(28)14-17-36-34)21-9-5-6-10-22(21)30;1-2-3-4-5-6;/h3-10,34H,2,11-18,27-28H2,1H3,(H,29,32);6H,2-5H2,1H3;/q;-1;/b26-25-;;. The van der Waals surface area contributed by atoms with E-state index < -0.39 is 0 Å². The number of hydrogen-bond acceptors (Lipinski definition) is 8. The molecule has 2 amide bonds. The second kappa shape index (κ2) is 22.2. The Morgan fingerprint density at radius 1 is 1.00 bits per heavy atom. The van der Waals surface area contributed by atoms with Crippen LogP contribution in [0.2, 0.25) is 0 Å².